The molecule has 1 heterocycles. The summed E-state index contributed by atoms with van der Waals surface area (Å²) in [4.78, 5) is 4.27. The molecule has 2 aromatic rings. The Balaban J connectivity index is 2.75. The van der Waals surface area contributed by atoms with Crippen molar-refractivity contribution in [1.82, 2.24) is 9.55 Å². The number of nitrogens with zero attached hydrogens (tertiary/aromatic N) is 2. The van der Waals surface area contributed by atoms with E-state index < -0.39 is 6.10 Å². The van der Waals surface area contributed by atoms with Gasteiger partial charge in [-0.1, -0.05) is 0 Å². The molecule has 86 valence electrons. The van der Waals surface area contributed by atoms with Crippen molar-refractivity contribution < 1.29 is 9.50 Å². The SMILES string of the molecule is CC(O)c1nc2cc(F)ccc2n1C(C)C. The smallest absolute Gasteiger partial charge is 0.138 e. The van der Waals surface area contributed by atoms with Crippen molar-refractivity contribution in [3.63, 3.8) is 0 Å². The van der Waals surface area contributed by atoms with E-state index in [2.05, 4.69) is 4.98 Å². The molecule has 4 heteroatoms. The molecule has 0 amide bonds. The van der Waals surface area contributed by atoms with Gasteiger partial charge in [0.1, 0.15) is 17.7 Å². The van der Waals surface area contributed by atoms with Gasteiger partial charge in [-0.05, 0) is 32.9 Å². The first kappa shape index (κ1) is 11.1. The summed E-state index contributed by atoms with van der Waals surface area (Å²) in [6.07, 6.45) is -0.655. The van der Waals surface area contributed by atoms with Gasteiger partial charge in [0, 0.05) is 12.1 Å². The Labute approximate surface area is 93.5 Å². The van der Waals surface area contributed by atoms with E-state index in [9.17, 15) is 9.50 Å². The number of aromatic nitrogens is 2. The molecule has 0 aliphatic rings. The zero-order valence-corrected chi connectivity index (χ0v) is 9.61. The Kier molecular flexibility index (Phi) is 2.68. The number of fused-ring (bicyclic) bond motifs is 1. The lowest BCUT2D eigenvalue weighted by molar-refractivity contribution is 0.182. The maximum Gasteiger partial charge on any atom is 0.138 e. The molecule has 0 spiro atoms. The number of hydrogen-bond donors (Lipinski definition) is 1. The average Bonchev–Trinajstić information content (AvgIpc) is 2.55. The fraction of sp³-hybridized carbons (Fsp3) is 0.417. The van der Waals surface area contributed by atoms with Gasteiger partial charge in [0.05, 0.1) is 11.0 Å². The van der Waals surface area contributed by atoms with Crippen LogP contribution in [-0.4, -0.2) is 14.7 Å². The number of halogens is 1. The van der Waals surface area contributed by atoms with E-state index in [1.807, 2.05) is 18.4 Å². The van der Waals surface area contributed by atoms with E-state index in [4.69, 9.17) is 0 Å². The summed E-state index contributed by atoms with van der Waals surface area (Å²) in [7, 11) is 0. The van der Waals surface area contributed by atoms with Gasteiger partial charge < -0.3 is 9.67 Å². The summed E-state index contributed by atoms with van der Waals surface area (Å²) >= 11 is 0. The zero-order valence-electron chi connectivity index (χ0n) is 9.61. The minimum atomic E-state index is -0.655. The van der Waals surface area contributed by atoms with Crippen LogP contribution in [0.5, 0.6) is 0 Å². The molecule has 0 bridgehead atoms. The van der Waals surface area contributed by atoms with Gasteiger partial charge in [-0.2, -0.15) is 0 Å². The number of aliphatic hydroxyl groups is 1. The molecule has 1 atom stereocenters. The molecule has 1 N–H and O–H groups in total. The molecule has 0 fully saturated rings. The maximum absolute atomic E-state index is 13.1. The molecule has 0 saturated heterocycles. The number of imidazole rings is 1. The van der Waals surface area contributed by atoms with Gasteiger partial charge in [0.25, 0.3) is 0 Å². The van der Waals surface area contributed by atoms with Crippen LogP contribution < -0.4 is 0 Å². The molecule has 1 aromatic carbocycles. The van der Waals surface area contributed by atoms with Gasteiger partial charge in [-0.25, -0.2) is 9.37 Å². The highest BCUT2D eigenvalue weighted by molar-refractivity contribution is 5.76. The first-order valence-electron chi connectivity index (χ1n) is 5.36. The second-order valence-electron chi connectivity index (χ2n) is 4.24. The topological polar surface area (TPSA) is 38.1 Å². The van der Waals surface area contributed by atoms with Gasteiger partial charge in [0.15, 0.2) is 0 Å². The molecule has 2 rings (SSSR count). The van der Waals surface area contributed by atoms with Crippen LogP contribution in [0.1, 0.15) is 38.7 Å². The monoisotopic (exact) mass is 222 g/mol. The predicted molar refractivity (Wildman–Crippen MR) is 60.7 cm³/mol. The van der Waals surface area contributed by atoms with E-state index in [-0.39, 0.29) is 11.9 Å². The summed E-state index contributed by atoms with van der Waals surface area (Å²) in [5.41, 5.74) is 1.44. The molecule has 1 aromatic heterocycles. The quantitative estimate of drug-likeness (QED) is 0.848. The number of aliphatic hydroxyl groups excluding tert-OH is 1. The van der Waals surface area contributed by atoms with Crippen molar-refractivity contribution in [2.75, 3.05) is 0 Å². The van der Waals surface area contributed by atoms with Crippen molar-refractivity contribution in [1.29, 1.82) is 0 Å². The molecule has 0 radical (unpaired) electrons. The lowest BCUT2D eigenvalue weighted by Crippen LogP contribution is -2.08. The first-order chi connectivity index (χ1) is 7.50. The molecular weight excluding hydrogens is 207 g/mol. The minimum Gasteiger partial charge on any atom is -0.385 e. The fourth-order valence-corrected chi connectivity index (χ4v) is 1.93. The molecule has 3 nitrogen and oxygen atoms in total. The Morgan fingerprint density at radius 1 is 1.31 bits per heavy atom. The normalized spacial score (nSPS) is 13.6. The third kappa shape index (κ3) is 1.69. The van der Waals surface area contributed by atoms with Crippen LogP contribution in [0, 0.1) is 5.82 Å². The lowest BCUT2D eigenvalue weighted by atomic mass is 10.2. The molecule has 0 aliphatic heterocycles. The summed E-state index contributed by atoms with van der Waals surface area (Å²) in [6.45, 7) is 5.68. The van der Waals surface area contributed by atoms with Crippen LogP contribution in [0.3, 0.4) is 0 Å². The van der Waals surface area contributed by atoms with Crippen molar-refractivity contribution in [2.24, 2.45) is 0 Å². The largest absolute Gasteiger partial charge is 0.385 e. The van der Waals surface area contributed by atoms with Crippen molar-refractivity contribution >= 4 is 11.0 Å². The standard InChI is InChI=1S/C12H15FN2O/c1-7(2)15-11-5-4-9(13)6-10(11)14-12(15)8(3)16/h4-8,16H,1-3H3. The number of benzene rings is 1. The Hall–Kier alpha value is -1.42. The van der Waals surface area contributed by atoms with E-state index in [0.717, 1.165) is 5.52 Å². The van der Waals surface area contributed by atoms with Crippen LogP contribution in [0.2, 0.25) is 0 Å². The lowest BCUT2D eigenvalue weighted by Gasteiger charge is -2.14. The maximum atomic E-state index is 13.1. The van der Waals surface area contributed by atoms with Crippen LogP contribution in [0.25, 0.3) is 11.0 Å². The predicted octanol–water partition coefficient (Wildman–Crippen LogP) is 2.81. The second-order valence-corrected chi connectivity index (χ2v) is 4.24. The van der Waals surface area contributed by atoms with Crippen molar-refractivity contribution in [3.8, 4) is 0 Å². The third-order valence-electron chi connectivity index (χ3n) is 2.57. The summed E-state index contributed by atoms with van der Waals surface area (Å²) in [5, 5.41) is 9.65. The highest BCUT2D eigenvalue weighted by Gasteiger charge is 2.16. The van der Waals surface area contributed by atoms with Gasteiger partial charge >= 0.3 is 0 Å². The third-order valence-corrected chi connectivity index (χ3v) is 2.57. The van der Waals surface area contributed by atoms with E-state index in [0.29, 0.717) is 11.3 Å². The van der Waals surface area contributed by atoms with E-state index in [1.165, 1.54) is 12.1 Å². The Bertz CT molecular complexity index is 517. The second kappa shape index (κ2) is 3.87. The summed E-state index contributed by atoms with van der Waals surface area (Å²) in [5.74, 6) is 0.272. The molecular formula is C12H15FN2O. The molecule has 0 aliphatic carbocycles. The minimum absolute atomic E-state index is 0.181. The Morgan fingerprint density at radius 2 is 2.00 bits per heavy atom. The van der Waals surface area contributed by atoms with Crippen molar-refractivity contribution in [2.45, 2.75) is 32.9 Å². The first-order valence-corrected chi connectivity index (χ1v) is 5.36. The van der Waals surface area contributed by atoms with Gasteiger partial charge in [0.2, 0.25) is 0 Å². The highest BCUT2D eigenvalue weighted by Crippen LogP contribution is 2.25. The van der Waals surface area contributed by atoms with Crippen LogP contribution in [0.4, 0.5) is 4.39 Å². The fourth-order valence-electron chi connectivity index (χ4n) is 1.93. The summed E-state index contributed by atoms with van der Waals surface area (Å²) in [6, 6.07) is 4.68. The number of hydrogen-bond acceptors (Lipinski definition) is 2. The van der Waals surface area contributed by atoms with Crippen LogP contribution in [0.15, 0.2) is 18.2 Å². The molecule has 1 unspecified atom stereocenters. The molecule has 16 heavy (non-hydrogen) atoms. The molecule has 0 saturated carbocycles. The van der Waals surface area contributed by atoms with Gasteiger partial charge in [-0.3, -0.25) is 0 Å². The average molecular weight is 222 g/mol. The Morgan fingerprint density at radius 3 is 2.56 bits per heavy atom. The van der Waals surface area contributed by atoms with E-state index in [1.54, 1.807) is 13.0 Å². The van der Waals surface area contributed by atoms with E-state index >= 15 is 0 Å². The van der Waals surface area contributed by atoms with Crippen LogP contribution in [-0.2, 0) is 0 Å². The zero-order chi connectivity index (χ0) is 11.9. The van der Waals surface area contributed by atoms with Gasteiger partial charge in [-0.15, -0.1) is 0 Å². The van der Waals surface area contributed by atoms with Crippen molar-refractivity contribution in [3.05, 3.63) is 29.8 Å². The van der Waals surface area contributed by atoms with Crippen LogP contribution >= 0.6 is 0 Å². The number of rotatable bonds is 2. The summed E-state index contributed by atoms with van der Waals surface area (Å²) < 4.78 is 15.0. The highest BCUT2D eigenvalue weighted by atomic mass is 19.1.